The maximum Gasteiger partial charge on any atom is 0.253 e. The molecule has 1 aromatic heterocycles. The number of ether oxygens (including phenoxy) is 1. The minimum absolute atomic E-state index is 0.0895. The second kappa shape index (κ2) is 12.3. The summed E-state index contributed by atoms with van der Waals surface area (Å²) in [7, 11) is 0. The first-order valence-corrected chi connectivity index (χ1v) is 15.5. The summed E-state index contributed by atoms with van der Waals surface area (Å²) < 4.78 is 49.0. The number of aromatic nitrogens is 3. The largest absolute Gasteiger partial charge is 0.367 e. The van der Waals surface area contributed by atoms with Crippen molar-refractivity contribution in [2.75, 3.05) is 32.7 Å². The number of piperidine rings is 1. The molecule has 1 amide bonds. The first kappa shape index (κ1) is 32.2. The van der Waals surface area contributed by atoms with Crippen LogP contribution in [0, 0.1) is 28.8 Å². The number of hydrogen-bond acceptors (Lipinski definition) is 5. The Labute approximate surface area is 258 Å². The van der Waals surface area contributed by atoms with Gasteiger partial charge in [-0.15, -0.1) is 5.10 Å². The van der Waals surface area contributed by atoms with Crippen LogP contribution in [0.5, 0.6) is 0 Å². The van der Waals surface area contributed by atoms with E-state index in [1.54, 1.807) is 24.3 Å². The van der Waals surface area contributed by atoms with E-state index in [0.717, 1.165) is 56.7 Å². The number of benzene rings is 2. The van der Waals surface area contributed by atoms with Gasteiger partial charge < -0.3 is 9.64 Å². The third kappa shape index (κ3) is 7.18. The summed E-state index contributed by atoms with van der Waals surface area (Å²) in [5, 5.41) is 8.97. The quantitative estimate of drug-likeness (QED) is 0.277. The summed E-state index contributed by atoms with van der Waals surface area (Å²) in [6, 6.07) is 8.49. The van der Waals surface area contributed by atoms with Crippen molar-refractivity contribution in [3.8, 4) is 11.1 Å². The Morgan fingerprint density at radius 1 is 0.955 bits per heavy atom. The first-order valence-electron chi connectivity index (χ1n) is 15.5. The fraction of sp³-hybridized carbons (Fsp3) is 0.559. The monoisotopic (exact) mass is 611 g/mol. The molecule has 7 nitrogen and oxygen atoms in total. The molecule has 2 aliphatic heterocycles. The van der Waals surface area contributed by atoms with Crippen LogP contribution in [0.15, 0.2) is 42.6 Å². The Kier molecular flexibility index (Phi) is 8.97. The summed E-state index contributed by atoms with van der Waals surface area (Å²) >= 11 is 0. The molecule has 10 heteroatoms. The van der Waals surface area contributed by atoms with Crippen molar-refractivity contribution in [2.45, 2.75) is 78.6 Å². The molecule has 0 aliphatic carbocycles. The normalized spacial score (nSPS) is 22.0. The minimum atomic E-state index is -1.50. The molecule has 0 spiro atoms. The van der Waals surface area contributed by atoms with E-state index in [-0.39, 0.29) is 28.1 Å². The van der Waals surface area contributed by atoms with E-state index in [1.165, 1.54) is 0 Å². The van der Waals surface area contributed by atoms with E-state index in [9.17, 15) is 18.0 Å². The number of amides is 1. The lowest BCUT2D eigenvalue weighted by molar-refractivity contribution is -0.180. The van der Waals surface area contributed by atoms with Gasteiger partial charge in [-0.1, -0.05) is 31.2 Å². The van der Waals surface area contributed by atoms with Crippen LogP contribution >= 0.6 is 0 Å². The summed E-state index contributed by atoms with van der Waals surface area (Å²) in [6.45, 7) is 17.5. The molecule has 1 unspecified atom stereocenters. The van der Waals surface area contributed by atoms with Crippen molar-refractivity contribution in [1.29, 1.82) is 0 Å². The van der Waals surface area contributed by atoms with Crippen LogP contribution in [0.4, 0.5) is 13.2 Å². The van der Waals surface area contributed by atoms with Crippen LogP contribution in [0.3, 0.4) is 0 Å². The van der Waals surface area contributed by atoms with Crippen LogP contribution in [0.25, 0.3) is 11.1 Å². The molecule has 0 radical (unpaired) electrons. The zero-order valence-corrected chi connectivity index (χ0v) is 26.7. The number of morpholine rings is 1. The lowest BCUT2D eigenvalue weighted by Gasteiger charge is -2.47. The van der Waals surface area contributed by atoms with Gasteiger partial charge in [0.2, 0.25) is 0 Å². The van der Waals surface area contributed by atoms with Crippen molar-refractivity contribution in [2.24, 2.45) is 11.3 Å². The summed E-state index contributed by atoms with van der Waals surface area (Å²) in [5.74, 6) is -3.78. The van der Waals surface area contributed by atoms with Gasteiger partial charge in [-0.2, -0.15) is 0 Å². The van der Waals surface area contributed by atoms with E-state index >= 15 is 0 Å². The Balaban J connectivity index is 1.24. The predicted molar refractivity (Wildman–Crippen MR) is 164 cm³/mol. The van der Waals surface area contributed by atoms with Gasteiger partial charge >= 0.3 is 0 Å². The van der Waals surface area contributed by atoms with Gasteiger partial charge in [-0.05, 0) is 81.8 Å². The fourth-order valence-corrected chi connectivity index (χ4v) is 7.06. The highest BCUT2D eigenvalue weighted by Crippen LogP contribution is 2.39. The van der Waals surface area contributed by atoms with Gasteiger partial charge in [0.15, 0.2) is 17.5 Å². The summed E-state index contributed by atoms with van der Waals surface area (Å²) in [6.07, 6.45) is 4.70. The van der Waals surface area contributed by atoms with Gasteiger partial charge in [0.05, 0.1) is 23.4 Å². The topological polar surface area (TPSA) is 63.5 Å². The predicted octanol–water partition coefficient (Wildman–Crippen LogP) is 6.37. The van der Waals surface area contributed by atoms with Gasteiger partial charge in [0, 0.05) is 56.3 Å². The summed E-state index contributed by atoms with van der Waals surface area (Å²) in [5.41, 5.74) is 1.59. The number of rotatable bonds is 8. The average molecular weight is 612 g/mol. The number of carbonyl (C=O) groups is 1. The Morgan fingerprint density at radius 2 is 1.59 bits per heavy atom. The zero-order chi connectivity index (χ0) is 31.9. The first-order chi connectivity index (χ1) is 20.7. The highest BCUT2D eigenvalue weighted by molar-refractivity contribution is 5.94. The maximum atomic E-state index is 13.7. The van der Waals surface area contributed by atoms with Crippen molar-refractivity contribution in [3.05, 3.63) is 71.3 Å². The maximum absolute atomic E-state index is 13.7. The Hall–Kier alpha value is -3.24. The SMILES string of the molecule is CC(C)C1(Cn2cc(CCN3CC(C)(C)OC(C)(C)C3)nn2)CCCN(C(=O)c2ccc(-c3cc(F)c(F)c(F)c3)cc2)C1. The Bertz CT molecular complexity index is 1450. The molecule has 0 saturated carbocycles. The molecular formula is C34H44F3N5O2. The van der Waals surface area contributed by atoms with E-state index in [4.69, 9.17) is 4.74 Å². The molecule has 3 heterocycles. The molecule has 0 bridgehead atoms. The molecule has 2 fully saturated rings. The molecule has 2 aromatic carbocycles. The third-order valence-electron chi connectivity index (χ3n) is 9.08. The standard InChI is InChI=1S/C34H44F3N5O2/c1-23(2)34(22-42-18-27(38-39-42)12-15-40-19-32(3,4)44-33(5,6)20-40)13-7-14-41(21-34)31(43)25-10-8-24(9-11-25)26-16-28(35)30(37)29(36)17-26/h8-11,16-18,23H,7,12-15,19-22H2,1-6H3. The van der Waals surface area contributed by atoms with Crippen LogP contribution in [-0.4, -0.2) is 74.6 Å². The molecule has 5 rings (SSSR count). The van der Waals surface area contributed by atoms with Crippen LogP contribution in [0.2, 0.25) is 0 Å². The fourth-order valence-electron chi connectivity index (χ4n) is 7.06. The number of carbonyl (C=O) groups excluding carboxylic acids is 1. The number of halogens is 3. The smallest absolute Gasteiger partial charge is 0.253 e. The van der Waals surface area contributed by atoms with Gasteiger partial charge in [-0.25, -0.2) is 13.2 Å². The summed E-state index contributed by atoms with van der Waals surface area (Å²) in [4.78, 5) is 17.9. The Morgan fingerprint density at radius 3 is 2.20 bits per heavy atom. The number of likely N-dealkylation sites (tertiary alicyclic amines) is 1. The van der Waals surface area contributed by atoms with E-state index in [2.05, 4.69) is 56.8 Å². The molecular weight excluding hydrogens is 567 g/mol. The van der Waals surface area contributed by atoms with Gasteiger partial charge in [-0.3, -0.25) is 14.4 Å². The molecule has 3 aromatic rings. The van der Waals surface area contributed by atoms with Crippen molar-refractivity contribution in [3.63, 3.8) is 0 Å². The lowest BCUT2D eigenvalue weighted by Crippen LogP contribution is -2.57. The second-order valence-corrected chi connectivity index (χ2v) is 14.2. The highest BCUT2D eigenvalue weighted by Gasteiger charge is 2.41. The number of nitrogens with zero attached hydrogens (tertiary/aromatic N) is 5. The van der Waals surface area contributed by atoms with Gasteiger partial charge in [0.1, 0.15) is 0 Å². The molecule has 44 heavy (non-hydrogen) atoms. The van der Waals surface area contributed by atoms with Crippen molar-refractivity contribution in [1.82, 2.24) is 24.8 Å². The molecule has 238 valence electrons. The lowest BCUT2D eigenvalue weighted by atomic mass is 9.71. The van der Waals surface area contributed by atoms with Crippen LogP contribution in [-0.2, 0) is 17.7 Å². The van der Waals surface area contributed by atoms with Crippen molar-refractivity contribution >= 4 is 5.91 Å². The molecule has 1 atom stereocenters. The zero-order valence-electron chi connectivity index (χ0n) is 26.7. The number of hydrogen-bond donors (Lipinski definition) is 0. The van der Waals surface area contributed by atoms with Crippen LogP contribution in [0.1, 0.15) is 70.4 Å². The third-order valence-corrected chi connectivity index (χ3v) is 9.08. The van der Waals surface area contributed by atoms with Crippen LogP contribution < -0.4 is 0 Å². The highest BCUT2D eigenvalue weighted by atomic mass is 19.2. The second-order valence-electron chi connectivity index (χ2n) is 14.2. The van der Waals surface area contributed by atoms with E-state index in [1.807, 2.05) is 15.8 Å². The minimum Gasteiger partial charge on any atom is -0.367 e. The molecule has 0 N–H and O–H groups in total. The van der Waals surface area contributed by atoms with E-state index in [0.29, 0.717) is 36.7 Å². The molecule has 2 aliphatic rings. The van der Waals surface area contributed by atoms with Crippen molar-refractivity contribution < 1.29 is 22.7 Å². The van der Waals surface area contributed by atoms with E-state index < -0.39 is 17.5 Å². The van der Waals surface area contributed by atoms with Gasteiger partial charge in [0.25, 0.3) is 5.91 Å². The average Bonchev–Trinajstić information content (AvgIpc) is 3.39. The molecule has 2 saturated heterocycles.